The summed E-state index contributed by atoms with van der Waals surface area (Å²) in [5, 5.41) is 16.9. The van der Waals surface area contributed by atoms with Crippen molar-refractivity contribution < 1.29 is 24.3 Å². The van der Waals surface area contributed by atoms with Crippen LogP contribution >= 0.6 is 12.6 Å². The first-order chi connectivity index (χ1) is 17.1. The summed E-state index contributed by atoms with van der Waals surface area (Å²) in [6.07, 6.45) is 3.62. The third-order valence-electron chi connectivity index (χ3n) is 5.26. The number of carboxylic acid groups (broad SMARTS) is 1. The molecule has 0 saturated carbocycles. The van der Waals surface area contributed by atoms with Crippen molar-refractivity contribution >= 4 is 42.3 Å². The molecule has 0 bridgehead atoms. The first kappa shape index (κ1) is 33.4. The van der Waals surface area contributed by atoms with Gasteiger partial charge in [0.25, 0.3) is 0 Å². The van der Waals surface area contributed by atoms with Crippen LogP contribution in [-0.2, 0) is 19.2 Å². The van der Waals surface area contributed by atoms with Crippen molar-refractivity contribution in [1.29, 1.82) is 0 Å². The van der Waals surface area contributed by atoms with Gasteiger partial charge >= 0.3 is 5.97 Å². The van der Waals surface area contributed by atoms with Gasteiger partial charge in [0.05, 0.1) is 6.04 Å². The molecule has 0 fully saturated rings. The molecule has 0 saturated heterocycles. The number of rotatable bonds is 20. The fraction of sp³-hybridized carbons (Fsp3) is 0.762. The summed E-state index contributed by atoms with van der Waals surface area (Å²) in [4.78, 5) is 53.5. The minimum absolute atomic E-state index is 0.0972. The maximum Gasteiger partial charge on any atom is 0.326 e. The summed E-state index contributed by atoms with van der Waals surface area (Å²) >= 11 is 4.11. The van der Waals surface area contributed by atoms with Crippen LogP contribution in [0.4, 0.5) is 0 Å². The Bertz CT molecular complexity index is 722. The Labute approximate surface area is 217 Å². The number of carbonyl (C=O) groups excluding carboxylic acids is 3. The van der Waals surface area contributed by atoms with E-state index in [1.54, 1.807) is 0 Å². The third-order valence-corrected chi connectivity index (χ3v) is 5.63. The Morgan fingerprint density at radius 2 is 1.25 bits per heavy atom. The molecule has 0 aromatic rings. The van der Waals surface area contributed by atoms with Gasteiger partial charge in [-0.3, -0.25) is 19.4 Å². The summed E-state index contributed by atoms with van der Waals surface area (Å²) < 4.78 is 0. The second-order valence-electron chi connectivity index (χ2n) is 8.33. The van der Waals surface area contributed by atoms with Crippen molar-refractivity contribution in [2.75, 3.05) is 25.4 Å². The zero-order chi connectivity index (χ0) is 27.5. The Morgan fingerprint density at radius 3 is 1.78 bits per heavy atom. The number of nitrogens with two attached hydrogens (primary N) is 5. The van der Waals surface area contributed by atoms with Crippen LogP contribution in [0.15, 0.2) is 4.99 Å². The highest BCUT2D eigenvalue weighted by molar-refractivity contribution is 7.80. The van der Waals surface area contributed by atoms with E-state index in [-0.39, 0.29) is 31.1 Å². The van der Waals surface area contributed by atoms with E-state index in [2.05, 4.69) is 33.6 Å². The zero-order valence-electron chi connectivity index (χ0n) is 20.7. The molecule has 0 aliphatic carbocycles. The van der Waals surface area contributed by atoms with Crippen LogP contribution in [0.25, 0.3) is 0 Å². The van der Waals surface area contributed by atoms with Crippen molar-refractivity contribution in [1.82, 2.24) is 16.0 Å². The largest absolute Gasteiger partial charge is 0.480 e. The SMILES string of the molecule is NCCCCC(N)C(=O)NC(CCCN=C(N)N)C(=O)NC(CS)C(=O)NC(CCCCN)C(=O)O. The normalized spacial score (nSPS) is 14.1. The van der Waals surface area contributed by atoms with E-state index in [4.69, 9.17) is 28.7 Å². The van der Waals surface area contributed by atoms with Crippen molar-refractivity contribution in [3.8, 4) is 0 Å². The fourth-order valence-electron chi connectivity index (χ4n) is 3.18. The van der Waals surface area contributed by atoms with Crippen LogP contribution < -0.4 is 44.6 Å². The summed E-state index contributed by atoms with van der Waals surface area (Å²) in [7, 11) is 0. The van der Waals surface area contributed by atoms with Crippen LogP contribution in [-0.4, -0.2) is 84.3 Å². The molecule has 0 heterocycles. The van der Waals surface area contributed by atoms with Gasteiger partial charge in [-0.15, -0.1) is 0 Å². The summed E-state index contributed by atoms with van der Waals surface area (Å²) in [6.45, 7) is 1.11. The lowest BCUT2D eigenvalue weighted by Crippen LogP contribution is -2.57. The minimum atomic E-state index is -1.20. The standard InChI is InChI=1S/C21H43N9O5S/c22-9-3-1-6-13(24)17(31)28-14(8-5-11-27-21(25)26)18(32)30-16(12-36)19(33)29-15(20(34)35)7-2-4-10-23/h13-16,36H,1-12,22-24H2,(H,28,31)(H,29,33)(H,30,32)(H,34,35)(H4,25,26,27). The van der Waals surface area contributed by atoms with Gasteiger partial charge in [0.15, 0.2) is 5.96 Å². The maximum absolute atomic E-state index is 13.0. The van der Waals surface area contributed by atoms with Gasteiger partial charge in [0.2, 0.25) is 17.7 Å². The van der Waals surface area contributed by atoms with Gasteiger partial charge in [-0.2, -0.15) is 12.6 Å². The molecule has 0 aliphatic rings. The van der Waals surface area contributed by atoms with Crippen LogP contribution in [0.2, 0.25) is 0 Å². The monoisotopic (exact) mass is 533 g/mol. The smallest absolute Gasteiger partial charge is 0.326 e. The number of guanidine groups is 1. The summed E-state index contributed by atoms with van der Waals surface area (Å²) in [5.74, 6) is -3.27. The number of thiol groups is 1. The lowest BCUT2D eigenvalue weighted by molar-refractivity contribution is -0.142. The van der Waals surface area contributed by atoms with Gasteiger partial charge in [0.1, 0.15) is 18.1 Å². The second-order valence-corrected chi connectivity index (χ2v) is 8.69. The van der Waals surface area contributed by atoms with Crippen molar-refractivity contribution in [3.63, 3.8) is 0 Å². The number of carbonyl (C=O) groups is 4. The molecule has 4 unspecified atom stereocenters. The van der Waals surface area contributed by atoms with E-state index in [1.165, 1.54) is 0 Å². The molecule has 0 rings (SSSR count). The van der Waals surface area contributed by atoms with Crippen LogP contribution in [0.3, 0.4) is 0 Å². The molecule has 3 amide bonds. The van der Waals surface area contributed by atoms with E-state index in [9.17, 15) is 24.3 Å². The topological polar surface area (TPSA) is 267 Å². The van der Waals surface area contributed by atoms with Gasteiger partial charge in [-0.25, -0.2) is 4.79 Å². The van der Waals surface area contributed by atoms with Crippen molar-refractivity contribution in [2.24, 2.45) is 33.7 Å². The second kappa shape index (κ2) is 19.6. The molecule has 14 N–H and O–H groups in total. The first-order valence-electron chi connectivity index (χ1n) is 12.0. The molecule has 0 radical (unpaired) electrons. The van der Waals surface area contributed by atoms with E-state index >= 15 is 0 Å². The Kier molecular flexibility index (Phi) is 18.1. The average Bonchev–Trinajstić information content (AvgIpc) is 2.83. The minimum Gasteiger partial charge on any atom is -0.480 e. The van der Waals surface area contributed by atoms with E-state index < -0.39 is 47.9 Å². The maximum atomic E-state index is 13.0. The molecule has 0 aliphatic heterocycles. The Morgan fingerprint density at radius 1 is 0.750 bits per heavy atom. The van der Waals surface area contributed by atoms with Gasteiger partial charge in [-0.05, 0) is 58.0 Å². The number of hydrogen-bond donors (Lipinski definition) is 10. The molecular formula is C21H43N9O5S. The first-order valence-corrected chi connectivity index (χ1v) is 12.7. The molecule has 36 heavy (non-hydrogen) atoms. The number of carboxylic acids is 1. The van der Waals surface area contributed by atoms with Crippen molar-refractivity contribution in [3.05, 3.63) is 0 Å². The molecule has 0 aromatic carbocycles. The van der Waals surface area contributed by atoms with Gasteiger partial charge in [0, 0.05) is 12.3 Å². The lowest BCUT2D eigenvalue weighted by atomic mass is 10.1. The number of nitrogens with zero attached hydrogens (tertiary/aromatic N) is 1. The van der Waals surface area contributed by atoms with E-state index in [0.717, 1.165) is 0 Å². The molecule has 15 heteroatoms. The predicted octanol–water partition coefficient (Wildman–Crippen LogP) is -2.91. The number of unbranched alkanes of at least 4 members (excludes halogenated alkanes) is 2. The highest BCUT2D eigenvalue weighted by Gasteiger charge is 2.29. The highest BCUT2D eigenvalue weighted by Crippen LogP contribution is 2.05. The number of aliphatic carboxylic acids is 1. The molecule has 0 aromatic heterocycles. The summed E-state index contributed by atoms with van der Waals surface area (Å²) in [6, 6.07) is -4.13. The molecule has 14 nitrogen and oxygen atoms in total. The fourth-order valence-corrected chi connectivity index (χ4v) is 3.44. The number of nitrogens with one attached hydrogen (secondary N) is 3. The lowest BCUT2D eigenvalue weighted by Gasteiger charge is -2.24. The number of amides is 3. The Hall–Kier alpha value is -2.62. The van der Waals surface area contributed by atoms with Crippen LogP contribution in [0.1, 0.15) is 51.4 Å². The summed E-state index contributed by atoms with van der Waals surface area (Å²) in [5.41, 5.74) is 27.5. The predicted molar refractivity (Wildman–Crippen MR) is 141 cm³/mol. The third kappa shape index (κ3) is 14.7. The quantitative estimate of drug-likeness (QED) is 0.0330. The van der Waals surface area contributed by atoms with Crippen LogP contribution in [0, 0.1) is 0 Å². The van der Waals surface area contributed by atoms with E-state index in [0.29, 0.717) is 51.6 Å². The zero-order valence-corrected chi connectivity index (χ0v) is 21.6. The molecule has 0 spiro atoms. The molecule has 208 valence electrons. The highest BCUT2D eigenvalue weighted by atomic mass is 32.1. The number of aliphatic imine (C=N–C) groups is 1. The van der Waals surface area contributed by atoms with Crippen LogP contribution in [0.5, 0.6) is 0 Å². The van der Waals surface area contributed by atoms with Gasteiger partial charge in [-0.1, -0.05) is 6.42 Å². The van der Waals surface area contributed by atoms with E-state index in [1.807, 2.05) is 0 Å². The molecular weight excluding hydrogens is 490 g/mol. The Balaban J connectivity index is 5.27. The number of hydrogen-bond acceptors (Lipinski definition) is 9. The van der Waals surface area contributed by atoms with Crippen molar-refractivity contribution in [2.45, 2.75) is 75.5 Å². The molecule has 4 atom stereocenters. The van der Waals surface area contributed by atoms with Gasteiger partial charge < -0.3 is 49.7 Å². The average molecular weight is 534 g/mol.